The molecule has 3 N–H and O–H groups in total. The Kier molecular flexibility index (Phi) is 3.62. The summed E-state index contributed by atoms with van der Waals surface area (Å²) in [7, 11) is 0. The van der Waals surface area contributed by atoms with Gasteiger partial charge in [-0.05, 0) is 18.9 Å². The molecule has 0 radical (unpaired) electrons. The van der Waals surface area contributed by atoms with Crippen molar-refractivity contribution in [3.63, 3.8) is 0 Å². The summed E-state index contributed by atoms with van der Waals surface area (Å²) in [5, 5.41) is 2.99. The summed E-state index contributed by atoms with van der Waals surface area (Å²) in [6.45, 7) is 0. The van der Waals surface area contributed by atoms with Crippen molar-refractivity contribution in [2.75, 3.05) is 0 Å². The Morgan fingerprint density at radius 1 is 1.38 bits per heavy atom. The van der Waals surface area contributed by atoms with Gasteiger partial charge in [0.1, 0.15) is 6.26 Å². The Bertz CT molecular complexity index is 335. The van der Waals surface area contributed by atoms with Gasteiger partial charge in [-0.3, -0.25) is 4.79 Å². The molecule has 0 aliphatic heterocycles. The molecule has 1 saturated carbocycles. The average Bonchev–Trinajstić information content (AvgIpc) is 2.73. The molecule has 1 fully saturated rings. The molecule has 0 bridgehead atoms. The maximum Gasteiger partial charge on any atom is 0.254 e. The molecule has 1 heterocycles. The van der Waals surface area contributed by atoms with Gasteiger partial charge in [0, 0.05) is 12.1 Å². The van der Waals surface area contributed by atoms with Gasteiger partial charge in [-0.15, -0.1) is 0 Å². The minimum Gasteiger partial charge on any atom is -0.472 e. The van der Waals surface area contributed by atoms with Crippen LogP contribution in [0.5, 0.6) is 0 Å². The number of nitrogens with one attached hydrogen (secondary N) is 1. The standard InChI is InChI=1S/C12H18N2O2/c13-10-4-2-1-3-5-11(10)14-12(15)9-6-7-16-8-9/h6-8,10-11H,1-5,13H2,(H,14,15). The summed E-state index contributed by atoms with van der Waals surface area (Å²) >= 11 is 0. The van der Waals surface area contributed by atoms with Crippen LogP contribution in [0.25, 0.3) is 0 Å². The maximum atomic E-state index is 11.8. The first kappa shape index (κ1) is 11.2. The van der Waals surface area contributed by atoms with Crippen molar-refractivity contribution in [1.82, 2.24) is 5.32 Å². The molecule has 1 aliphatic rings. The molecule has 2 atom stereocenters. The fraction of sp³-hybridized carbons (Fsp3) is 0.583. The van der Waals surface area contributed by atoms with Crippen molar-refractivity contribution in [2.24, 2.45) is 5.73 Å². The molecule has 4 heteroatoms. The Balaban J connectivity index is 1.95. The summed E-state index contributed by atoms with van der Waals surface area (Å²) in [6.07, 6.45) is 8.45. The van der Waals surface area contributed by atoms with Crippen molar-refractivity contribution in [1.29, 1.82) is 0 Å². The van der Waals surface area contributed by atoms with E-state index >= 15 is 0 Å². The van der Waals surface area contributed by atoms with E-state index in [1.54, 1.807) is 6.07 Å². The number of hydrogen-bond donors (Lipinski definition) is 2. The van der Waals surface area contributed by atoms with Crippen LogP contribution in [-0.4, -0.2) is 18.0 Å². The molecule has 88 valence electrons. The summed E-state index contributed by atoms with van der Waals surface area (Å²) in [4.78, 5) is 11.8. The third kappa shape index (κ3) is 2.64. The lowest BCUT2D eigenvalue weighted by molar-refractivity contribution is 0.0928. The lowest BCUT2D eigenvalue weighted by Gasteiger charge is -2.22. The summed E-state index contributed by atoms with van der Waals surface area (Å²) in [5.41, 5.74) is 6.61. The van der Waals surface area contributed by atoms with Crippen molar-refractivity contribution >= 4 is 5.91 Å². The van der Waals surface area contributed by atoms with Crippen LogP contribution in [0.4, 0.5) is 0 Å². The van der Waals surface area contributed by atoms with E-state index in [0.29, 0.717) is 5.56 Å². The molecule has 4 nitrogen and oxygen atoms in total. The number of rotatable bonds is 2. The van der Waals surface area contributed by atoms with Gasteiger partial charge in [0.25, 0.3) is 5.91 Å². The quantitative estimate of drug-likeness (QED) is 0.748. The summed E-state index contributed by atoms with van der Waals surface area (Å²) in [5.74, 6) is -0.0869. The summed E-state index contributed by atoms with van der Waals surface area (Å²) < 4.78 is 4.88. The molecule has 0 saturated heterocycles. The first-order valence-corrected chi connectivity index (χ1v) is 5.86. The van der Waals surface area contributed by atoms with Crippen molar-refractivity contribution < 1.29 is 9.21 Å². The van der Waals surface area contributed by atoms with E-state index in [1.807, 2.05) is 0 Å². The predicted octanol–water partition coefficient (Wildman–Crippen LogP) is 1.67. The number of carbonyl (C=O) groups excluding carboxylic acids is 1. The number of nitrogens with two attached hydrogens (primary N) is 1. The minimum absolute atomic E-state index is 0.0818. The largest absolute Gasteiger partial charge is 0.472 e. The second kappa shape index (κ2) is 5.16. The number of hydrogen-bond acceptors (Lipinski definition) is 3. The highest BCUT2D eigenvalue weighted by Crippen LogP contribution is 2.17. The number of furan rings is 1. The fourth-order valence-corrected chi connectivity index (χ4v) is 2.16. The molecule has 1 amide bonds. The zero-order chi connectivity index (χ0) is 11.4. The zero-order valence-electron chi connectivity index (χ0n) is 9.32. The number of carbonyl (C=O) groups is 1. The SMILES string of the molecule is NC1CCCCCC1NC(=O)c1ccoc1. The van der Waals surface area contributed by atoms with E-state index in [4.69, 9.17) is 10.2 Å². The van der Waals surface area contributed by atoms with Crippen LogP contribution in [0.1, 0.15) is 42.5 Å². The van der Waals surface area contributed by atoms with Crippen molar-refractivity contribution in [3.05, 3.63) is 24.2 Å². The predicted molar refractivity (Wildman–Crippen MR) is 61.0 cm³/mol. The molecule has 1 aromatic heterocycles. The van der Waals surface area contributed by atoms with Gasteiger partial charge < -0.3 is 15.5 Å². The van der Waals surface area contributed by atoms with Gasteiger partial charge in [-0.2, -0.15) is 0 Å². The molecule has 2 unspecified atom stereocenters. The fourth-order valence-electron chi connectivity index (χ4n) is 2.16. The molecule has 1 aromatic rings. The van der Waals surface area contributed by atoms with Crippen LogP contribution in [-0.2, 0) is 0 Å². The van der Waals surface area contributed by atoms with Gasteiger partial charge in [-0.25, -0.2) is 0 Å². The molecule has 2 rings (SSSR count). The van der Waals surface area contributed by atoms with Gasteiger partial charge in [-0.1, -0.05) is 19.3 Å². The van der Waals surface area contributed by atoms with Crippen LogP contribution >= 0.6 is 0 Å². The molecule has 16 heavy (non-hydrogen) atoms. The second-order valence-corrected chi connectivity index (χ2v) is 4.39. The van der Waals surface area contributed by atoms with E-state index in [0.717, 1.165) is 19.3 Å². The van der Waals surface area contributed by atoms with E-state index < -0.39 is 0 Å². The lowest BCUT2D eigenvalue weighted by Crippen LogP contribution is -2.46. The minimum atomic E-state index is -0.0869. The Hall–Kier alpha value is -1.29. The maximum absolute atomic E-state index is 11.8. The van der Waals surface area contributed by atoms with Gasteiger partial charge in [0.05, 0.1) is 11.8 Å². The lowest BCUT2D eigenvalue weighted by atomic mass is 10.0. The third-order valence-electron chi connectivity index (χ3n) is 3.17. The smallest absolute Gasteiger partial charge is 0.254 e. The van der Waals surface area contributed by atoms with Crippen LogP contribution in [0.15, 0.2) is 23.0 Å². The normalized spacial score (nSPS) is 26.1. The Morgan fingerprint density at radius 3 is 2.94 bits per heavy atom. The van der Waals surface area contributed by atoms with Gasteiger partial charge in [0.15, 0.2) is 0 Å². The summed E-state index contributed by atoms with van der Waals surface area (Å²) in [6, 6.07) is 1.85. The molecule has 0 aromatic carbocycles. The van der Waals surface area contributed by atoms with E-state index in [9.17, 15) is 4.79 Å². The van der Waals surface area contributed by atoms with Crippen LogP contribution in [0.2, 0.25) is 0 Å². The monoisotopic (exact) mass is 222 g/mol. The molecule has 0 spiro atoms. The van der Waals surface area contributed by atoms with Gasteiger partial charge in [0.2, 0.25) is 0 Å². The van der Waals surface area contributed by atoms with E-state index in [1.165, 1.54) is 25.4 Å². The Morgan fingerprint density at radius 2 is 2.19 bits per heavy atom. The first-order valence-electron chi connectivity index (χ1n) is 5.86. The van der Waals surface area contributed by atoms with Crippen LogP contribution < -0.4 is 11.1 Å². The highest BCUT2D eigenvalue weighted by molar-refractivity contribution is 5.93. The van der Waals surface area contributed by atoms with E-state index in [2.05, 4.69) is 5.32 Å². The zero-order valence-corrected chi connectivity index (χ0v) is 9.32. The molecular formula is C12H18N2O2. The topological polar surface area (TPSA) is 68.3 Å². The van der Waals surface area contributed by atoms with Crippen molar-refractivity contribution in [2.45, 2.75) is 44.2 Å². The second-order valence-electron chi connectivity index (χ2n) is 4.39. The van der Waals surface area contributed by atoms with Crippen molar-refractivity contribution in [3.8, 4) is 0 Å². The molecular weight excluding hydrogens is 204 g/mol. The first-order chi connectivity index (χ1) is 7.77. The number of amides is 1. The highest BCUT2D eigenvalue weighted by atomic mass is 16.3. The highest BCUT2D eigenvalue weighted by Gasteiger charge is 2.22. The average molecular weight is 222 g/mol. The molecule has 1 aliphatic carbocycles. The van der Waals surface area contributed by atoms with E-state index in [-0.39, 0.29) is 18.0 Å². The Labute approximate surface area is 95.2 Å². The third-order valence-corrected chi connectivity index (χ3v) is 3.17. The van der Waals surface area contributed by atoms with Crippen LogP contribution in [0, 0.1) is 0 Å². The van der Waals surface area contributed by atoms with Crippen LogP contribution in [0.3, 0.4) is 0 Å². The van der Waals surface area contributed by atoms with Gasteiger partial charge >= 0.3 is 0 Å².